The molecule has 2 N–H and O–H groups in total. The fourth-order valence-electron chi connectivity index (χ4n) is 2.27. The van der Waals surface area contributed by atoms with Crippen LogP contribution < -0.4 is 10.6 Å². The summed E-state index contributed by atoms with van der Waals surface area (Å²) in [7, 11) is 0. The van der Waals surface area contributed by atoms with E-state index in [0.29, 0.717) is 17.3 Å². The number of nitrogens with zero attached hydrogens (tertiary/aromatic N) is 4. The molecule has 0 aromatic carbocycles. The van der Waals surface area contributed by atoms with Gasteiger partial charge in [-0.15, -0.1) is 0 Å². The van der Waals surface area contributed by atoms with Crippen LogP contribution >= 0.6 is 0 Å². The van der Waals surface area contributed by atoms with Gasteiger partial charge in [0.05, 0.1) is 17.6 Å². The molecule has 1 aliphatic heterocycles. The molecule has 104 valence electrons. The van der Waals surface area contributed by atoms with Crippen molar-refractivity contribution in [3.63, 3.8) is 0 Å². The lowest BCUT2D eigenvalue weighted by Gasteiger charge is -2.30. The Morgan fingerprint density at radius 2 is 1.90 bits per heavy atom. The van der Waals surface area contributed by atoms with E-state index in [2.05, 4.69) is 19.9 Å². The smallest absolute Gasteiger partial charge is 0.225 e. The molecule has 1 aliphatic rings. The summed E-state index contributed by atoms with van der Waals surface area (Å²) in [5.74, 6) is 0.327. The Labute approximate surface area is 116 Å². The van der Waals surface area contributed by atoms with E-state index in [4.69, 9.17) is 5.73 Å². The van der Waals surface area contributed by atoms with Crippen molar-refractivity contribution < 1.29 is 4.39 Å². The first-order valence-corrected chi connectivity index (χ1v) is 6.68. The molecule has 3 heterocycles. The number of hydrogen-bond acceptors (Lipinski definition) is 5. The average Bonchev–Trinajstić information content (AvgIpc) is 2.49. The maximum absolute atomic E-state index is 12.9. The minimum absolute atomic E-state index is 0.271. The van der Waals surface area contributed by atoms with Gasteiger partial charge in [0.25, 0.3) is 0 Å². The van der Waals surface area contributed by atoms with Gasteiger partial charge in [0, 0.05) is 25.3 Å². The first-order chi connectivity index (χ1) is 9.72. The highest BCUT2D eigenvalue weighted by atomic mass is 19.1. The van der Waals surface area contributed by atoms with Crippen LogP contribution in [0.2, 0.25) is 0 Å². The van der Waals surface area contributed by atoms with Crippen molar-refractivity contribution in [3.8, 4) is 11.4 Å². The largest absolute Gasteiger partial charge is 0.341 e. The number of anilines is 1. The van der Waals surface area contributed by atoms with E-state index in [9.17, 15) is 4.39 Å². The molecule has 5 nitrogen and oxygen atoms in total. The Bertz CT molecular complexity index is 578. The second-order valence-electron chi connectivity index (χ2n) is 4.93. The van der Waals surface area contributed by atoms with E-state index >= 15 is 0 Å². The third-order valence-corrected chi connectivity index (χ3v) is 3.46. The van der Waals surface area contributed by atoms with E-state index in [-0.39, 0.29) is 11.9 Å². The highest BCUT2D eigenvalue weighted by molar-refractivity contribution is 5.55. The number of aromatic nitrogens is 3. The van der Waals surface area contributed by atoms with Crippen LogP contribution in [0.5, 0.6) is 0 Å². The van der Waals surface area contributed by atoms with E-state index in [1.807, 2.05) is 0 Å². The topological polar surface area (TPSA) is 67.9 Å². The fraction of sp³-hybridized carbons (Fsp3) is 0.357. The quantitative estimate of drug-likeness (QED) is 0.900. The number of rotatable bonds is 2. The highest BCUT2D eigenvalue weighted by Gasteiger charge is 2.18. The van der Waals surface area contributed by atoms with Crippen molar-refractivity contribution in [2.75, 3.05) is 18.0 Å². The summed E-state index contributed by atoms with van der Waals surface area (Å²) < 4.78 is 12.9. The van der Waals surface area contributed by atoms with Crippen LogP contribution in [-0.4, -0.2) is 34.1 Å². The molecule has 6 heteroatoms. The van der Waals surface area contributed by atoms with E-state index in [0.717, 1.165) is 25.9 Å². The molecule has 20 heavy (non-hydrogen) atoms. The van der Waals surface area contributed by atoms with Gasteiger partial charge in [0.15, 0.2) is 0 Å². The summed E-state index contributed by atoms with van der Waals surface area (Å²) in [5, 5.41) is 0. The van der Waals surface area contributed by atoms with Gasteiger partial charge in [-0.2, -0.15) is 0 Å². The van der Waals surface area contributed by atoms with Crippen molar-refractivity contribution in [2.45, 2.75) is 18.9 Å². The Hall–Kier alpha value is -2.08. The number of halogens is 1. The van der Waals surface area contributed by atoms with Crippen LogP contribution in [0.3, 0.4) is 0 Å². The van der Waals surface area contributed by atoms with Gasteiger partial charge in [-0.25, -0.2) is 14.4 Å². The van der Waals surface area contributed by atoms with E-state index in [1.54, 1.807) is 18.3 Å². The Balaban J connectivity index is 1.84. The standard InChI is InChI=1S/C14H16FN5/c15-10-1-2-12(18-9-10)13-3-6-17-14(19-13)20-7-4-11(16)5-8-20/h1-3,6,9,11H,4-5,7-8,16H2. The van der Waals surface area contributed by atoms with Crippen molar-refractivity contribution in [3.05, 3.63) is 36.4 Å². The lowest BCUT2D eigenvalue weighted by atomic mass is 10.1. The summed E-state index contributed by atoms with van der Waals surface area (Å²) in [4.78, 5) is 15.0. The molecule has 1 saturated heterocycles. The molecule has 0 aliphatic carbocycles. The molecular weight excluding hydrogens is 257 g/mol. The van der Waals surface area contributed by atoms with Crippen molar-refractivity contribution in [1.29, 1.82) is 0 Å². The second-order valence-corrected chi connectivity index (χ2v) is 4.93. The van der Waals surface area contributed by atoms with Gasteiger partial charge < -0.3 is 10.6 Å². The average molecular weight is 273 g/mol. The molecule has 0 bridgehead atoms. The molecular formula is C14H16FN5. The van der Waals surface area contributed by atoms with Gasteiger partial charge in [-0.1, -0.05) is 0 Å². The van der Waals surface area contributed by atoms with E-state index < -0.39 is 0 Å². The highest BCUT2D eigenvalue weighted by Crippen LogP contribution is 2.19. The molecule has 0 saturated carbocycles. The zero-order chi connectivity index (χ0) is 13.9. The molecule has 2 aromatic heterocycles. The molecule has 2 aromatic rings. The summed E-state index contributed by atoms with van der Waals surface area (Å²) in [6.45, 7) is 1.73. The number of piperidine rings is 1. The molecule has 3 rings (SSSR count). The third-order valence-electron chi connectivity index (χ3n) is 3.46. The van der Waals surface area contributed by atoms with Crippen LogP contribution in [0.25, 0.3) is 11.4 Å². The normalized spacial score (nSPS) is 16.4. The van der Waals surface area contributed by atoms with Crippen LogP contribution in [0, 0.1) is 5.82 Å². The SMILES string of the molecule is NC1CCN(c2nccc(-c3ccc(F)cn3)n2)CC1. The van der Waals surface area contributed by atoms with Crippen molar-refractivity contribution in [2.24, 2.45) is 5.73 Å². The predicted octanol–water partition coefficient (Wildman–Crippen LogP) is 1.61. The number of nitrogens with two attached hydrogens (primary N) is 1. The minimum Gasteiger partial charge on any atom is -0.341 e. The molecule has 0 atom stereocenters. The summed E-state index contributed by atoms with van der Waals surface area (Å²) in [6.07, 6.45) is 4.79. The Morgan fingerprint density at radius 3 is 2.60 bits per heavy atom. The summed E-state index contributed by atoms with van der Waals surface area (Å²) in [5.41, 5.74) is 7.24. The van der Waals surface area contributed by atoms with Crippen LogP contribution in [0.4, 0.5) is 10.3 Å². The van der Waals surface area contributed by atoms with Gasteiger partial charge in [0.2, 0.25) is 5.95 Å². The fourth-order valence-corrected chi connectivity index (χ4v) is 2.27. The minimum atomic E-state index is -0.354. The number of hydrogen-bond donors (Lipinski definition) is 1. The zero-order valence-corrected chi connectivity index (χ0v) is 11.0. The number of pyridine rings is 1. The molecule has 0 unspecified atom stereocenters. The monoisotopic (exact) mass is 273 g/mol. The molecule has 0 spiro atoms. The van der Waals surface area contributed by atoms with Gasteiger partial charge in [-0.05, 0) is 31.0 Å². The third kappa shape index (κ3) is 2.75. The lowest BCUT2D eigenvalue weighted by molar-refractivity contribution is 0.495. The maximum atomic E-state index is 12.9. The Morgan fingerprint density at radius 1 is 1.10 bits per heavy atom. The van der Waals surface area contributed by atoms with Gasteiger partial charge >= 0.3 is 0 Å². The second kappa shape index (κ2) is 5.50. The van der Waals surface area contributed by atoms with Crippen LogP contribution in [0.15, 0.2) is 30.6 Å². The first kappa shape index (κ1) is 12.9. The van der Waals surface area contributed by atoms with Crippen LogP contribution in [-0.2, 0) is 0 Å². The van der Waals surface area contributed by atoms with Gasteiger partial charge in [-0.3, -0.25) is 4.98 Å². The molecule has 1 fully saturated rings. The predicted molar refractivity (Wildman–Crippen MR) is 74.6 cm³/mol. The maximum Gasteiger partial charge on any atom is 0.225 e. The van der Waals surface area contributed by atoms with E-state index in [1.165, 1.54) is 12.3 Å². The lowest BCUT2D eigenvalue weighted by Crippen LogP contribution is -2.40. The van der Waals surface area contributed by atoms with Crippen molar-refractivity contribution in [1.82, 2.24) is 15.0 Å². The van der Waals surface area contributed by atoms with Crippen LogP contribution in [0.1, 0.15) is 12.8 Å². The molecule has 0 radical (unpaired) electrons. The molecule has 0 amide bonds. The van der Waals surface area contributed by atoms with Crippen molar-refractivity contribution >= 4 is 5.95 Å². The van der Waals surface area contributed by atoms with Gasteiger partial charge in [0.1, 0.15) is 5.82 Å². The summed E-state index contributed by atoms with van der Waals surface area (Å²) >= 11 is 0. The Kier molecular flexibility index (Phi) is 3.56. The first-order valence-electron chi connectivity index (χ1n) is 6.68. The summed E-state index contributed by atoms with van der Waals surface area (Å²) in [6, 6.07) is 5.05. The zero-order valence-electron chi connectivity index (χ0n) is 11.0.